The highest BCUT2D eigenvalue weighted by Crippen LogP contribution is 2.30. The Morgan fingerprint density at radius 2 is 1.50 bits per heavy atom. The number of amides is 5. The first kappa shape index (κ1) is 33.6. The van der Waals surface area contributed by atoms with Crippen molar-refractivity contribution in [3.8, 4) is 0 Å². The molecule has 7 N–H and O–H groups in total. The number of carbonyl (C=O) groups is 4. The standard InChI is InChI=1S/C35H40N6O5/c1-2-38-34(46)41(20-19-24-11-5-3-6-12-24)23-30(42)27(21-25-13-7-4-8-14-25)35(33(37)45,22-31(36)43)40-32(44)29-18-17-26-15-9-10-16-28(26)39-29/h3-18,27,30,42H,2,19-23H2,1H3,(H2,36,43)(H2,37,45)(H,38,46)(H,40,44). The van der Waals surface area contributed by atoms with E-state index in [-0.39, 0.29) is 25.2 Å². The Morgan fingerprint density at radius 1 is 0.870 bits per heavy atom. The summed E-state index contributed by atoms with van der Waals surface area (Å²) in [5.41, 5.74) is 11.8. The number of rotatable bonds is 15. The molecule has 0 aliphatic carbocycles. The predicted molar refractivity (Wildman–Crippen MR) is 175 cm³/mol. The number of aliphatic hydroxyl groups is 1. The molecule has 0 saturated heterocycles. The summed E-state index contributed by atoms with van der Waals surface area (Å²) in [6.45, 7) is 2.15. The van der Waals surface area contributed by atoms with Crippen molar-refractivity contribution in [1.29, 1.82) is 0 Å². The Kier molecular flexibility index (Phi) is 11.4. The summed E-state index contributed by atoms with van der Waals surface area (Å²) < 4.78 is 0. The smallest absolute Gasteiger partial charge is 0.317 e. The predicted octanol–water partition coefficient (Wildman–Crippen LogP) is 2.56. The van der Waals surface area contributed by atoms with E-state index in [0.717, 1.165) is 10.9 Å². The van der Waals surface area contributed by atoms with Crippen molar-refractivity contribution in [1.82, 2.24) is 20.5 Å². The molecule has 1 aromatic heterocycles. The van der Waals surface area contributed by atoms with Crippen LogP contribution in [-0.2, 0) is 22.4 Å². The summed E-state index contributed by atoms with van der Waals surface area (Å²) in [4.78, 5) is 58.8. The maximum atomic E-state index is 13.8. The van der Waals surface area contributed by atoms with Gasteiger partial charge < -0.3 is 32.1 Å². The summed E-state index contributed by atoms with van der Waals surface area (Å²) in [6, 6.07) is 28.5. The Hall–Kier alpha value is -5.29. The molecule has 0 aliphatic rings. The number of primary amides is 2. The van der Waals surface area contributed by atoms with Crippen LogP contribution in [0.3, 0.4) is 0 Å². The van der Waals surface area contributed by atoms with Crippen molar-refractivity contribution >= 4 is 34.7 Å². The fourth-order valence-corrected chi connectivity index (χ4v) is 5.64. The van der Waals surface area contributed by atoms with Gasteiger partial charge in [0.2, 0.25) is 11.8 Å². The van der Waals surface area contributed by atoms with E-state index < -0.39 is 47.7 Å². The van der Waals surface area contributed by atoms with E-state index >= 15 is 0 Å². The van der Waals surface area contributed by atoms with Gasteiger partial charge in [0.05, 0.1) is 18.0 Å². The quantitative estimate of drug-likeness (QED) is 0.136. The first-order chi connectivity index (χ1) is 22.1. The highest BCUT2D eigenvalue weighted by atomic mass is 16.3. The molecule has 3 aromatic carbocycles. The molecule has 0 aliphatic heterocycles. The van der Waals surface area contributed by atoms with Crippen LogP contribution in [0.4, 0.5) is 4.79 Å². The van der Waals surface area contributed by atoms with Gasteiger partial charge in [-0.15, -0.1) is 0 Å². The monoisotopic (exact) mass is 624 g/mol. The zero-order valence-corrected chi connectivity index (χ0v) is 25.8. The van der Waals surface area contributed by atoms with Crippen molar-refractivity contribution in [2.24, 2.45) is 17.4 Å². The number of aromatic nitrogens is 1. The van der Waals surface area contributed by atoms with Gasteiger partial charge in [0.25, 0.3) is 5.91 Å². The van der Waals surface area contributed by atoms with Crippen molar-refractivity contribution in [2.75, 3.05) is 19.6 Å². The molecule has 46 heavy (non-hydrogen) atoms. The van der Waals surface area contributed by atoms with Crippen molar-refractivity contribution < 1.29 is 24.3 Å². The van der Waals surface area contributed by atoms with Crippen LogP contribution in [0.25, 0.3) is 10.9 Å². The molecular formula is C35H40N6O5. The maximum absolute atomic E-state index is 13.8. The molecule has 0 radical (unpaired) electrons. The molecule has 0 spiro atoms. The lowest BCUT2D eigenvalue weighted by molar-refractivity contribution is -0.134. The maximum Gasteiger partial charge on any atom is 0.317 e. The Morgan fingerprint density at radius 3 is 2.13 bits per heavy atom. The van der Waals surface area contributed by atoms with E-state index in [9.17, 15) is 24.3 Å². The third kappa shape index (κ3) is 8.45. The van der Waals surface area contributed by atoms with Crippen LogP contribution < -0.4 is 22.1 Å². The van der Waals surface area contributed by atoms with Gasteiger partial charge in [0, 0.05) is 30.9 Å². The number of benzene rings is 3. The third-order valence-electron chi connectivity index (χ3n) is 7.99. The van der Waals surface area contributed by atoms with Gasteiger partial charge in [-0.3, -0.25) is 14.4 Å². The second kappa shape index (κ2) is 15.6. The lowest BCUT2D eigenvalue weighted by Crippen LogP contribution is -2.67. The van der Waals surface area contributed by atoms with Gasteiger partial charge in [-0.1, -0.05) is 84.9 Å². The van der Waals surface area contributed by atoms with Gasteiger partial charge in [-0.25, -0.2) is 9.78 Å². The van der Waals surface area contributed by atoms with Crippen LogP contribution >= 0.6 is 0 Å². The number of carbonyl (C=O) groups excluding carboxylic acids is 4. The van der Waals surface area contributed by atoms with Crippen LogP contribution in [-0.4, -0.2) is 70.0 Å². The second-order valence-corrected chi connectivity index (χ2v) is 11.2. The molecule has 11 nitrogen and oxygen atoms in total. The highest BCUT2D eigenvalue weighted by molar-refractivity contribution is 6.01. The summed E-state index contributed by atoms with van der Waals surface area (Å²) >= 11 is 0. The largest absolute Gasteiger partial charge is 0.391 e. The van der Waals surface area contributed by atoms with E-state index in [2.05, 4.69) is 15.6 Å². The van der Waals surface area contributed by atoms with Crippen LogP contribution in [0.15, 0.2) is 97.1 Å². The Labute approximate surface area is 268 Å². The van der Waals surface area contributed by atoms with Gasteiger partial charge in [0.15, 0.2) is 0 Å². The van der Waals surface area contributed by atoms with E-state index in [0.29, 0.717) is 24.0 Å². The van der Waals surface area contributed by atoms with Crippen molar-refractivity contribution in [3.05, 3.63) is 114 Å². The first-order valence-corrected chi connectivity index (χ1v) is 15.2. The fraction of sp³-hybridized carbons (Fsp3) is 0.286. The van der Waals surface area contributed by atoms with Crippen LogP contribution in [0.2, 0.25) is 0 Å². The number of pyridine rings is 1. The SMILES string of the molecule is CCNC(=O)N(CCc1ccccc1)CC(O)C(Cc1ccccc1)C(CC(N)=O)(NC(=O)c1ccc2ccccc2n1)C(N)=O. The Bertz CT molecular complexity index is 1650. The lowest BCUT2D eigenvalue weighted by atomic mass is 9.73. The molecule has 4 aromatic rings. The molecule has 0 fully saturated rings. The molecule has 240 valence electrons. The van der Waals surface area contributed by atoms with E-state index in [4.69, 9.17) is 11.5 Å². The average molecular weight is 625 g/mol. The van der Waals surface area contributed by atoms with Gasteiger partial charge in [0.1, 0.15) is 11.2 Å². The summed E-state index contributed by atoms with van der Waals surface area (Å²) in [5, 5.41) is 18.2. The van der Waals surface area contributed by atoms with E-state index in [1.54, 1.807) is 49.4 Å². The molecule has 0 bridgehead atoms. The molecule has 3 unspecified atom stereocenters. The number of nitrogens with one attached hydrogen (secondary N) is 2. The summed E-state index contributed by atoms with van der Waals surface area (Å²) in [5.74, 6) is -3.94. The number of urea groups is 1. The van der Waals surface area contributed by atoms with E-state index in [1.165, 1.54) is 11.0 Å². The molecular weight excluding hydrogens is 584 g/mol. The first-order valence-electron chi connectivity index (χ1n) is 15.2. The Balaban J connectivity index is 1.74. The molecule has 1 heterocycles. The topological polar surface area (TPSA) is 181 Å². The highest BCUT2D eigenvalue weighted by Gasteiger charge is 2.50. The average Bonchev–Trinajstić information content (AvgIpc) is 3.05. The number of nitrogens with zero attached hydrogens (tertiary/aromatic N) is 2. The van der Waals surface area contributed by atoms with Gasteiger partial charge >= 0.3 is 6.03 Å². The molecule has 0 saturated carbocycles. The zero-order chi connectivity index (χ0) is 33.1. The van der Waals surface area contributed by atoms with Crippen LogP contribution in [0.5, 0.6) is 0 Å². The lowest BCUT2D eigenvalue weighted by Gasteiger charge is -2.42. The number of nitrogens with two attached hydrogens (primary N) is 2. The molecule has 5 amide bonds. The van der Waals surface area contributed by atoms with Gasteiger partial charge in [-0.05, 0) is 43.0 Å². The fourth-order valence-electron chi connectivity index (χ4n) is 5.64. The summed E-state index contributed by atoms with van der Waals surface area (Å²) in [6.07, 6.45) is -1.61. The number of hydrogen-bond acceptors (Lipinski definition) is 6. The van der Waals surface area contributed by atoms with Crippen LogP contribution in [0, 0.1) is 5.92 Å². The normalized spacial score (nSPS) is 13.6. The second-order valence-electron chi connectivity index (χ2n) is 11.2. The number of fused-ring (bicyclic) bond motifs is 1. The molecule has 4 rings (SSSR count). The minimum atomic E-state index is -2.14. The number of aliphatic hydroxyl groups excluding tert-OH is 1. The zero-order valence-electron chi connectivity index (χ0n) is 25.8. The molecule has 3 atom stereocenters. The number of para-hydroxylation sites is 1. The van der Waals surface area contributed by atoms with Crippen molar-refractivity contribution in [3.63, 3.8) is 0 Å². The van der Waals surface area contributed by atoms with Gasteiger partial charge in [-0.2, -0.15) is 0 Å². The van der Waals surface area contributed by atoms with E-state index in [1.807, 2.05) is 48.5 Å². The minimum Gasteiger partial charge on any atom is -0.391 e. The number of hydrogen-bond donors (Lipinski definition) is 5. The minimum absolute atomic E-state index is 0.0194. The van der Waals surface area contributed by atoms with Crippen molar-refractivity contribution in [2.45, 2.75) is 37.8 Å². The van der Waals surface area contributed by atoms with Crippen LogP contribution in [0.1, 0.15) is 35.0 Å². The summed E-state index contributed by atoms with van der Waals surface area (Å²) in [7, 11) is 0. The molecule has 11 heteroatoms. The third-order valence-corrected chi connectivity index (χ3v) is 7.99.